The van der Waals surface area contributed by atoms with Gasteiger partial charge in [-0.3, -0.25) is 0 Å². The molecule has 0 aliphatic carbocycles. The van der Waals surface area contributed by atoms with E-state index in [1.54, 1.807) is 12.4 Å². The van der Waals surface area contributed by atoms with Crippen molar-refractivity contribution in [2.24, 2.45) is 5.73 Å². The van der Waals surface area contributed by atoms with Crippen molar-refractivity contribution in [3.63, 3.8) is 0 Å². The summed E-state index contributed by atoms with van der Waals surface area (Å²) in [4.78, 5) is 8.60. The van der Waals surface area contributed by atoms with Crippen molar-refractivity contribution < 1.29 is 0 Å². The highest BCUT2D eigenvalue weighted by Crippen LogP contribution is 2.06. The van der Waals surface area contributed by atoms with Crippen molar-refractivity contribution in [3.05, 3.63) is 53.5 Å². The summed E-state index contributed by atoms with van der Waals surface area (Å²) >= 11 is 4.82. The Bertz CT molecular complexity index is 566. The smallest absolute Gasteiger partial charge is 0.144 e. The maximum absolute atomic E-state index is 5.46. The van der Waals surface area contributed by atoms with Crippen LogP contribution in [-0.2, 0) is 6.42 Å². The quantitative estimate of drug-likeness (QED) is 0.816. The van der Waals surface area contributed by atoms with E-state index in [2.05, 4.69) is 46.5 Å². The van der Waals surface area contributed by atoms with E-state index >= 15 is 0 Å². The molecule has 4 nitrogen and oxygen atoms in total. The molecule has 19 heavy (non-hydrogen) atoms. The number of aryl methyl sites for hydroxylation is 1. The summed E-state index contributed by atoms with van der Waals surface area (Å²) in [6.45, 7) is 2.90. The lowest BCUT2D eigenvalue weighted by Gasteiger charge is -2.06. The van der Waals surface area contributed by atoms with Crippen molar-refractivity contribution in [1.82, 2.24) is 9.97 Å². The molecule has 2 rings (SSSR count). The lowest BCUT2D eigenvalue weighted by atomic mass is 10.1. The van der Waals surface area contributed by atoms with E-state index in [0.717, 1.165) is 18.8 Å². The molecule has 1 aromatic heterocycles. The molecule has 0 aliphatic heterocycles. The lowest BCUT2D eigenvalue weighted by molar-refractivity contribution is 0.996. The third kappa shape index (κ3) is 3.99. The van der Waals surface area contributed by atoms with Gasteiger partial charge in [0.2, 0.25) is 0 Å². The minimum absolute atomic E-state index is 0.263. The number of hydrogen-bond donors (Lipinski definition) is 2. The number of aromatic nitrogens is 2. The van der Waals surface area contributed by atoms with Crippen LogP contribution in [0.5, 0.6) is 0 Å². The molecule has 98 valence electrons. The summed E-state index contributed by atoms with van der Waals surface area (Å²) in [6, 6.07) is 8.47. The summed E-state index contributed by atoms with van der Waals surface area (Å²) in [5, 5.41) is 3.22. The number of anilines is 1. The second kappa shape index (κ2) is 6.24. The second-order valence-electron chi connectivity index (χ2n) is 4.32. The monoisotopic (exact) mass is 272 g/mol. The van der Waals surface area contributed by atoms with Crippen LogP contribution in [0.4, 0.5) is 5.82 Å². The third-order valence-corrected chi connectivity index (χ3v) is 2.92. The SMILES string of the molecule is Cc1cccc(CCNc2cnc(C(N)=S)cn2)c1. The molecule has 0 amide bonds. The van der Waals surface area contributed by atoms with Crippen LogP contribution in [0, 0.1) is 6.92 Å². The first-order valence-corrected chi connectivity index (χ1v) is 6.47. The fraction of sp³-hybridized carbons (Fsp3) is 0.214. The standard InChI is InChI=1S/C14H16N4S/c1-10-3-2-4-11(7-10)5-6-16-13-9-17-12(8-18-13)14(15)19/h2-4,7-9H,5-6H2,1H3,(H2,15,19)(H,16,18). The summed E-state index contributed by atoms with van der Waals surface area (Å²) in [6.07, 6.45) is 4.17. The molecule has 0 atom stereocenters. The Morgan fingerprint density at radius 1 is 1.32 bits per heavy atom. The highest BCUT2D eigenvalue weighted by Gasteiger charge is 1.99. The van der Waals surface area contributed by atoms with Gasteiger partial charge in [0.05, 0.1) is 12.4 Å². The number of nitrogens with two attached hydrogens (primary N) is 1. The van der Waals surface area contributed by atoms with Crippen LogP contribution >= 0.6 is 12.2 Å². The Labute approximate surface area is 118 Å². The van der Waals surface area contributed by atoms with E-state index in [1.165, 1.54) is 11.1 Å². The number of hydrogen-bond acceptors (Lipinski definition) is 4. The highest BCUT2D eigenvalue weighted by atomic mass is 32.1. The summed E-state index contributed by atoms with van der Waals surface area (Å²) < 4.78 is 0. The first kappa shape index (κ1) is 13.4. The summed E-state index contributed by atoms with van der Waals surface area (Å²) in [7, 11) is 0. The van der Waals surface area contributed by atoms with Crippen LogP contribution in [0.15, 0.2) is 36.7 Å². The number of nitrogens with one attached hydrogen (secondary N) is 1. The van der Waals surface area contributed by atoms with Gasteiger partial charge in [-0.25, -0.2) is 9.97 Å². The molecule has 0 saturated heterocycles. The molecule has 0 fully saturated rings. The van der Waals surface area contributed by atoms with Crippen molar-refractivity contribution in [2.75, 3.05) is 11.9 Å². The highest BCUT2D eigenvalue weighted by molar-refractivity contribution is 7.80. The number of rotatable bonds is 5. The maximum Gasteiger partial charge on any atom is 0.144 e. The molecule has 3 N–H and O–H groups in total. The Kier molecular flexibility index (Phi) is 4.41. The average molecular weight is 272 g/mol. The third-order valence-electron chi connectivity index (χ3n) is 2.71. The Morgan fingerprint density at radius 3 is 2.79 bits per heavy atom. The molecule has 0 unspecified atom stereocenters. The van der Waals surface area contributed by atoms with Crippen LogP contribution in [-0.4, -0.2) is 21.5 Å². The largest absolute Gasteiger partial charge is 0.388 e. The molecule has 0 spiro atoms. The minimum Gasteiger partial charge on any atom is -0.388 e. The Hall–Kier alpha value is -2.01. The summed E-state index contributed by atoms with van der Waals surface area (Å²) in [5.74, 6) is 0.729. The van der Waals surface area contributed by atoms with E-state index in [9.17, 15) is 0 Å². The van der Waals surface area contributed by atoms with Crippen molar-refractivity contribution in [2.45, 2.75) is 13.3 Å². The van der Waals surface area contributed by atoms with Gasteiger partial charge >= 0.3 is 0 Å². The molecule has 1 heterocycles. The zero-order chi connectivity index (χ0) is 13.7. The molecular formula is C14H16N4S. The predicted molar refractivity (Wildman–Crippen MR) is 81.3 cm³/mol. The van der Waals surface area contributed by atoms with Gasteiger partial charge in [-0.2, -0.15) is 0 Å². The molecule has 0 radical (unpaired) electrons. The van der Waals surface area contributed by atoms with Gasteiger partial charge in [-0.1, -0.05) is 42.0 Å². The van der Waals surface area contributed by atoms with E-state index in [-0.39, 0.29) is 4.99 Å². The van der Waals surface area contributed by atoms with Crippen LogP contribution < -0.4 is 11.1 Å². The zero-order valence-corrected chi connectivity index (χ0v) is 11.6. The van der Waals surface area contributed by atoms with Crippen LogP contribution in [0.2, 0.25) is 0 Å². The van der Waals surface area contributed by atoms with E-state index in [0.29, 0.717) is 5.69 Å². The van der Waals surface area contributed by atoms with E-state index < -0.39 is 0 Å². The lowest BCUT2D eigenvalue weighted by Crippen LogP contribution is -2.13. The molecular weight excluding hydrogens is 256 g/mol. The predicted octanol–water partition coefficient (Wildman–Crippen LogP) is 2.07. The molecule has 0 bridgehead atoms. The van der Waals surface area contributed by atoms with Crippen molar-refractivity contribution in [1.29, 1.82) is 0 Å². The van der Waals surface area contributed by atoms with Crippen molar-refractivity contribution >= 4 is 23.0 Å². The van der Waals surface area contributed by atoms with Gasteiger partial charge in [0, 0.05) is 6.54 Å². The Balaban J connectivity index is 1.87. The molecule has 2 aromatic rings. The van der Waals surface area contributed by atoms with Crippen LogP contribution in [0.3, 0.4) is 0 Å². The molecule has 5 heteroatoms. The van der Waals surface area contributed by atoms with Gasteiger partial charge in [0.15, 0.2) is 0 Å². The van der Waals surface area contributed by atoms with Gasteiger partial charge < -0.3 is 11.1 Å². The average Bonchev–Trinajstić information content (AvgIpc) is 2.39. The van der Waals surface area contributed by atoms with Gasteiger partial charge in [0.25, 0.3) is 0 Å². The normalized spacial score (nSPS) is 10.2. The molecule has 1 aromatic carbocycles. The molecule has 0 saturated carbocycles. The van der Waals surface area contributed by atoms with E-state index in [1.807, 2.05) is 0 Å². The van der Waals surface area contributed by atoms with Crippen LogP contribution in [0.25, 0.3) is 0 Å². The zero-order valence-electron chi connectivity index (χ0n) is 10.8. The van der Waals surface area contributed by atoms with Crippen LogP contribution in [0.1, 0.15) is 16.8 Å². The fourth-order valence-electron chi connectivity index (χ4n) is 1.75. The number of nitrogens with zero attached hydrogens (tertiary/aromatic N) is 2. The Morgan fingerprint density at radius 2 is 2.16 bits per heavy atom. The molecule has 0 aliphatic rings. The van der Waals surface area contributed by atoms with Crippen molar-refractivity contribution in [3.8, 4) is 0 Å². The van der Waals surface area contributed by atoms with Gasteiger partial charge in [-0.05, 0) is 18.9 Å². The fourth-order valence-corrected chi connectivity index (χ4v) is 1.85. The summed E-state index contributed by atoms with van der Waals surface area (Å²) in [5.41, 5.74) is 8.59. The number of benzene rings is 1. The van der Waals surface area contributed by atoms with Gasteiger partial charge in [-0.15, -0.1) is 0 Å². The topological polar surface area (TPSA) is 63.8 Å². The second-order valence-corrected chi connectivity index (χ2v) is 4.76. The first-order chi connectivity index (χ1) is 9.15. The first-order valence-electron chi connectivity index (χ1n) is 6.06. The number of thiocarbonyl (C=S) groups is 1. The van der Waals surface area contributed by atoms with E-state index in [4.69, 9.17) is 18.0 Å². The minimum atomic E-state index is 0.263. The van der Waals surface area contributed by atoms with Gasteiger partial charge in [0.1, 0.15) is 16.5 Å². The maximum atomic E-state index is 5.46.